The first-order chi connectivity index (χ1) is 15.1. The van der Waals surface area contributed by atoms with Crippen LogP contribution in [0.4, 0.5) is 11.4 Å². The van der Waals surface area contributed by atoms with Gasteiger partial charge in [0.25, 0.3) is 11.8 Å². The molecule has 0 saturated carbocycles. The number of hydrogen-bond acceptors (Lipinski definition) is 3. The number of amides is 2. The summed E-state index contributed by atoms with van der Waals surface area (Å²) >= 11 is 0. The van der Waals surface area contributed by atoms with Gasteiger partial charge in [0.15, 0.2) is 0 Å². The highest BCUT2D eigenvalue weighted by Gasteiger charge is 2.17. The van der Waals surface area contributed by atoms with E-state index >= 15 is 0 Å². The number of nitrogens with one attached hydrogen (secondary N) is 1. The second kappa shape index (κ2) is 11.0. The Kier molecular flexibility index (Phi) is 7.82. The lowest BCUT2D eigenvalue weighted by atomic mass is 10.1. The smallest absolute Gasteiger partial charge is 0.258 e. The van der Waals surface area contributed by atoms with Crippen LogP contribution in [-0.2, 0) is 0 Å². The highest BCUT2D eigenvalue weighted by atomic mass is 16.5. The standard InChI is InChI=1S/C26H28N2O3/c1-3-5-17-31-24-16-10-11-20(19-24)25(29)27-22-13-9-12-21(18-22)26(30)28(4-2)23-14-7-6-8-15-23/h6-16,18-19H,3-5,17H2,1-2H3,(H,27,29). The highest BCUT2D eigenvalue weighted by Crippen LogP contribution is 2.20. The van der Waals surface area contributed by atoms with E-state index in [9.17, 15) is 9.59 Å². The van der Waals surface area contributed by atoms with Crippen LogP contribution in [0.2, 0.25) is 0 Å². The molecule has 0 atom stereocenters. The van der Waals surface area contributed by atoms with Crippen molar-refractivity contribution in [2.75, 3.05) is 23.4 Å². The van der Waals surface area contributed by atoms with Crippen LogP contribution in [0.1, 0.15) is 47.4 Å². The van der Waals surface area contributed by atoms with Crippen LogP contribution in [0.5, 0.6) is 5.75 Å². The van der Waals surface area contributed by atoms with Crippen LogP contribution in [-0.4, -0.2) is 25.0 Å². The third kappa shape index (κ3) is 5.95. The minimum absolute atomic E-state index is 0.115. The van der Waals surface area contributed by atoms with Crippen molar-refractivity contribution in [2.24, 2.45) is 0 Å². The summed E-state index contributed by atoms with van der Waals surface area (Å²) in [4.78, 5) is 27.5. The van der Waals surface area contributed by atoms with E-state index in [1.54, 1.807) is 47.4 Å². The van der Waals surface area contributed by atoms with Crippen LogP contribution in [0.15, 0.2) is 78.9 Å². The minimum Gasteiger partial charge on any atom is -0.494 e. The van der Waals surface area contributed by atoms with E-state index in [4.69, 9.17) is 4.74 Å². The molecule has 0 aromatic heterocycles. The van der Waals surface area contributed by atoms with Crippen LogP contribution in [0.25, 0.3) is 0 Å². The molecule has 0 saturated heterocycles. The van der Waals surface area contributed by atoms with Crippen molar-refractivity contribution >= 4 is 23.2 Å². The average molecular weight is 417 g/mol. The summed E-state index contributed by atoms with van der Waals surface area (Å²) in [5.74, 6) is 0.309. The summed E-state index contributed by atoms with van der Waals surface area (Å²) in [6.07, 6.45) is 2.02. The molecule has 0 aliphatic carbocycles. The first-order valence-electron chi connectivity index (χ1n) is 10.6. The van der Waals surface area contributed by atoms with Gasteiger partial charge in [-0.05, 0) is 61.9 Å². The summed E-state index contributed by atoms with van der Waals surface area (Å²) in [5, 5.41) is 2.88. The molecule has 0 bridgehead atoms. The van der Waals surface area contributed by atoms with Gasteiger partial charge in [0.1, 0.15) is 5.75 Å². The predicted octanol–water partition coefficient (Wildman–Crippen LogP) is 5.78. The number of ether oxygens (including phenoxy) is 1. The number of rotatable bonds is 9. The van der Waals surface area contributed by atoms with E-state index in [0.29, 0.717) is 35.7 Å². The number of unbranched alkanes of at least 4 members (excludes halogenated alkanes) is 1. The van der Waals surface area contributed by atoms with Crippen molar-refractivity contribution in [2.45, 2.75) is 26.7 Å². The Morgan fingerprint density at radius 2 is 1.61 bits per heavy atom. The first kappa shape index (κ1) is 22.1. The van der Waals surface area contributed by atoms with Gasteiger partial charge in [-0.15, -0.1) is 0 Å². The summed E-state index contributed by atoms with van der Waals surface area (Å²) in [7, 11) is 0. The van der Waals surface area contributed by atoms with E-state index in [0.717, 1.165) is 18.5 Å². The first-order valence-corrected chi connectivity index (χ1v) is 10.6. The number of para-hydroxylation sites is 1. The SMILES string of the molecule is CCCCOc1cccc(C(=O)Nc2cccc(C(=O)N(CC)c3ccccc3)c2)c1. The molecule has 0 heterocycles. The maximum absolute atomic E-state index is 13.1. The normalized spacial score (nSPS) is 10.4. The number of carbonyl (C=O) groups is 2. The van der Waals surface area contributed by atoms with E-state index in [1.165, 1.54) is 0 Å². The van der Waals surface area contributed by atoms with Gasteiger partial charge >= 0.3 is 0 Å². The van der Waals surface area contributed by atoms with Gasteiger partial charge in [0, 0.05) is 29.0 Å². The van der Waals surface area contributed by atoms with Gasteiger partial charge in [0.05, 0.1) is 6.61 Å². The molecule has 0 aliphatic heterocycles. The molecule has 5 heteroatoms. The Bertz CT molecular complexity index is 1020. The second-order valence-electron chi connectivity index (χ2n) is 7.15. The molecule has 0 spiro atoms. The quantitative estimate of drug-likeness (QED) is 0.450. The number of nitrogens with zero attached hydrogens (tertiary/aromatic N) is 1. The zero-order chi connectivity index (χ0) is 22.1. The molecule has 0 unspecified atom stereocenters. The third-order valence-electron chi connectivity index (χ3n) is 4.86. The fraction of sp³-hybridized carbons (Fsp3) is 0.231. The number of anilines is 2. The van der Waals surface area contributed by atoms with Gasteiger partial charge in [-0.1, -0.05) is 43.7 Å². The summed E-state index contributed by atoms with van der Waals surface area (Å²) < 4.78 is 5.69. The lowest BCUT2D eigenvalue weighted by Gasteiger charge is -2.21. The van der Waals surface area contributed by atoms with Crippen molar-refractivity contribution in [1.82, 2.24) is 0 Å². The Hall–Kier alpha value is -3.60. The minimum atomic E-state index is -0.249. The van der Waals surface area contributed by atoms with Gasteiger partial charge in [-0.25, -0.2) is 0 Å². The summed E-state index contributed by atoms with van der Waals surface area (Å²) in [6.45, 7) is 5.21. The Balaban J connectivity index is 1.72. The fourth-order valence-electron chi connectivity index (χ4n) is 3.20. The average Bonchev–Trinajstić information content (AvgIpc) is 2.81. The lowest BCUT2D eigenvalue weighted by Crippen LogP contribution is -2.30. The van der Waals surface area contributed by atoms with E-state index < -0.39 is 0 Å². The van der Waals surface area contributed by atoms with E-state index in [1.807, 2.05) is 43.3 Å². The molecule has 3 aromatic rings. The monoisotopic (exact) mass is 416 g/mol. The molecular weight excluding hydrogens is 388 g/mol. The van der Waals surface area contributed by atoms with Gasteiger partial charge in [-0.2, -0.15) is 0 Å². The van der Waals surface area contributed by atoms with Crippen LogP contribution in [0.3, 0.4) is 0 Å². The molecule has 1 N–H and O–H groups in total. The van der Waals surface area contributed by atoms with Crippen molar-refractivity contribution in [1.29, 1.82) is 0 Å². The molecule has 5 nitrogen and oxygen atoms in total. The zero-order valence-corrected chi connectivity index (χ0v) is 18.0. The third-order valence-corrected chi connectivity index (χ3v) is 4.86. The molecule has 3 aromatic carbocycles. The fourth-order valence-corrected chi connectivity index (χ4v) is 3.20. The molecule has 0 aliphatic rings. The Labute approximate surface area is 183 Å². The molecular formula is C26H28N2O3. The Morgan fingerprint density at radius 3 is 2.35 bits per heavy atom. The van der Waals surface area contributed by atoms with Crippen molar-refractivity contribution < 1.29 is 14.3 Å². The van der Waals surface area contributed by atoms with E-state index in [-0.39, 0.29) is 11.8 Å². The van der Waals surface area contributed by atoms with Gasteiger partial charge in [-0.3, -0.25) is 9.59 Å². The topological polar surface area (TPSA) is 58.6 Å². The summed E-state index contributed by atoms with van der Waals surface area (Å²) in [6, 6.07) is 23.7. The van der Waals surface area contributed by atoms with E-state index in [2.05, 4.69) is 12.2 Å². The summed E-state index contributed by atoms with van der Waals surface area (Å²) in [5.41, 5.74) is 2.42. The van der Waals surface area contributed by atoms with Crippen molar-refractivity contribution in [3.63, 3.8) is 0 Å². The molecule has 3 rings (SSSR count). The van der Waals surface area contributed by atoms with Crippen molar-refractivity contribution in [3.05, 3.63) is 90.0 Å². The molecule has 0 radical (unpaired) electrons. The number of benzene rings is 3. The molecule has 160 valence electrons. The number of carbonyl (C=O) groups excluding carboxylic acids is 2. The maximum Gasteiger partial charge on any atom is 0.258 e. The lowest BCUT2D eigenvalue weighted by molar-refractivity contribution is 0.0985. The Morgan fingerprint density at radius 1 is 0.871 bits per heavy atom. The van der Waals surface area contributed by atoms with Gasteiger partial charge < -0.3 is 15.0 Å². The largest absolute Gasteiger partial charge is 0.494 e. The number of hydrogen-bond donors (Lipinski definition) is 1. The molecule has 0 fully saturated rings. The van der Waals surface area contributed by atoms with Gasteiger partial charge in [0.2, 0.25) is 0 Å². The second-order valence-corrected chi connectivity index (χ2v) is 7.15. The highest BCUT2D eigenvalue weighted by molar-refractivity contribution is 6.08. The molecule has 31 heavy (non-hydrogen) atoms. The zero-order valence-electron chi connectivity index (χ0n) is 18.0. The molecule has 2 amide bonds. The predicted molar refractivity (Wildman–Crippen MR) is 125 cm³/mol. The van der Waals surface area contributed by atoms with Crippen LogP contribution in [0, 0.1) is 0 Å². The maximum atomic E-state index is 13.1. The van der Waals surface area contributed by atoms with Crippen LogP contribution >= 0.6 is 0 Å². The van der Waals surface area contributed by atoms with Crippen LogP contribution < -0.4 is 15.0 Å². The van der Waals surface area contributed by atoms with Crippen molar-refractivity contribution in [3.8, 4) is 5.75 Å².